The molecule has 3 fully saturated rings. The number of likely N-dealkylation sites (N-methyl/N-ethyl adjacent to an activating group) is 1. The lowest BCUT2D eigenvalue weighted by Crippen LogP contribution is -2.60. The number of rotatable bonds is 2. The minimum atomic E-state index is -0.655. The monoisotopic (exact) mass is 497 g/mol. The molecule has 0 radical (unpaired) electrons. The van der Waals surface area contributed by atoms with Crippen LogP contribution >= 0.6 is 0 Å². The van der Waals surface area contributed by atoms with Gasteiger partial charge in [-0.25, -0.2) is 14.4 Å². The Labute approximate surface area is 210 Å². The van der Waals surface area contributed by atoms with E-state index in [1.807, 2.05) is 12.1 Å². The number of aromatic amines is 1. The second-order valence-electron chi connectivity index (χ2n) is 11.5. The van der Waals surface area contributed by atoms with Gasteiger partial charge in [-0.05, 0) is 79.9 Å². The van der Waals surface area contributed by atoms with Crippen LogP contribution in [0.3, 0.4) is 0 Å². The number of hydrogen-bond donors (Lipinski definition) is 3. The zero-order chi connectivity index (χ0) is 25.8. The molecule has 3 saturated carbocycles. The smallest absolute Gasteiger partial charge is 0.307 e. The van der Waals surface area contributed by atoms with Gasteiger partial charge in [0.05, 0.1) is 18.0 Å². The number of carbonyl (C=O) groups excluding carboxylic acids is 1. The van der Waals surface area contributed by atoms with E-state index in [-0.39, 0.29) is 22.8 Å². The first-order chi connectivity index (χ1) is 17.1. The van der Waals surface area contributed by atoms with Crippen LogP contribution in [0.5, 0.6) is 0 Å². The largest absolute Gasteiger partial charge is 0.481 e. The van der Waals surface area contributed by atoms with Crippen LogP contribution in [0.15, 0.2) is 30.2 Å². The van der Waals surface area contributed by atoms with Gasteiger partial charge in [-0.15, -0.1) is 0 Å². The van der Waals surface area contributed by atoms with Crippen LogP contribution in [0.2, 0.25) is 0 Å². The summed E-state index contributed by atoms with van der Waals surface area (Å²) in [7, 11) is 1.72. The minimum absolute atomic E-state index is 0.0572. The maximum atomic E-state index is 14.3. The Morgan fingerprint density at radius 1 is 1.25 bits per heavy atom. The molecular formula is C27H36FN5O3. The Balaban J connectivity index is 0.000000202. The number of halogens is 1. The van der Waals surface area contributed by atoms with Crippen molar-refractivity contribution >= 4 is 23.0 Å². The molecule has 7 atom stereocenters. The molecule has 6 rings (SSSR count). The van der Waals surface area contributed by atoms with Crippen molar-refractivity contribution in [2.24, 2.45) is 40.2 Å². The number of imidazole rings is 1. The fourth-order valence-electron chi connectivity index (χ4n) is 8.23. The normalized spacial score (nSPS) is 37.4. The first-order valence-electron chi connectivity index (χ1n) is 13.0. The molecule has 4 N–H and O–H groups in total. The Bertz CT molecular complexity index is 1180. The zero-order valence-corrected chi connectivity index (χ0v) is 21.2. The summed E-state index contributed by atoms with van der Waals surface area (Å²) in [5, 5.41) is 9.65. The molecule has 8 nitrogen and oxygen atoms in total. The molecule has 36 heavy (non-hydrogen) atoms. The molecule has 0 saturated heterocycles. The molecule has 0 aromatic carbocycles. The quantitative estimate of drug-likeness (QED) is 0.575. The number of amides is 1. The van der Waals surface area contributed by atoms with E-state index in [0.717, 1.165) is 55.5 Å². The van der Waals surface area contributed by atoms with Crippen molar-refractivity contribution in [3.05, 3.63) is 36.1 Å². The molecule has 2 aromatic heterocycles. The molecule has 0 spiro atoms. The van der Waals surface area contributed by atoms with Gasteiger partial charge in [0.2, 0.25) is 0 Å². The van der Waals surface area contributed by atoms with Crippen LogP contribution in [0.25, 0.3) is 11.2 Å². The van der Waals surface area contributed by atoms with E-state index >= 15 is 0 Å². The van der Waals surface area contributed by atoms with Gasteiger partial charge >= 0.3 is 5.97 Å². The lowest BCUT2D eigenvalue weighted by molar-refractivity contribution is -0.153. The van der Waals surface area contributed by atoms with Crippen LogP contribution < -0.4 is 5.73 Å². The average Bonchev–Trinajstić information content (AvgIpc) is 3.43. The number of H-pyrrole nitrogens is 1. The number of aliphatic carboxylic acids is 1. The van der Waals surface area contributed by atoms with Crippen molar-refractivity contribution in [1.29, 1.82) is 0 Å². The third-order valence-corrected chi connectivity index (χ3v) is 9.96. The number of pyridine rings is 1. The Morgan fingerprint density at radius 2 is 2.03 bits per heavy atom. The summed E-state index contributed by atoms with van der Waals surface area (Å²) in [6.45, 7) is 4.71. The minimum Gasteiger partial charge on any atom is -0.481 e. The van der Waals surface area contributed by atoms with Crippen LogP contribution in [0, 0.1) is 34.5 Å². The van der Waals surface area contributed by atoms with Crippen molar-refractivity contribution in [1.82, 2.24) is 19.9 Å². The van der Waals surface area contributed by atoms with Crippen LogP contribution in [0.1, 0.15) is 58.2 Å². The van der Waals surface area contributed by atoms with E-state index in [1.165, 1.54) is 0 Å². The fraction of sp³-hybridized carbons (Fsp3) is 0.630. The molecule has 3 aliphatic carbocycles. The molecule has 1 aliphatic heterocycles. The summed E-state index contributed by atoms with van der Waals surface area (Å²) in [5.41, 5.74) is 6.59. The summed E-state index contributed by atoms with van der Waals surface area (Å²) in [6, 6.07) is 3.84. The number of fused-ring (bicyclic) bond motifs is 6. The predicted molar refractivity (Wildman–Crippen MR) is 133 cm³/mol. The van der Waals surface area contributed by atoms with Gasteiger partial charge in [-0.2, -0.15) is 0 Å². The first-order valence-corrected chi connectivity index (χ1v) is 13.0. The maximum Gasteiger partial charge on any atom is 0.307 e. The summed E-state index contributed by atoms with van der Waals surface area (Å²) >= 11 is 0. The maximum absolute atomic E-state index is 14.3. The highest BCUT2D eigenvalue weighted by atomic mass is 19.1. The first kappa shape index (κ1) is 24.9. The van der Waals surface area contributed by atoms with Crippen molar-refractivity contribution < 1.29 is 19.1 Å². The highest BCUT2D eigenvalue weighted by Gasteiger charge is 2.62. The molecule has 2 aromatic rings. The molecule has 4 aliphatic rings. The van der Waals surface area contributed by atoms with E-state index in [1.54, 1.807) is 24.2 Å². The standard InChI is InChI=1S/C20H28FNO3.C7H8N4/c1-19-9-8-13-11(12(19)5-6-14(19)18(24)25)4-7-16-20(13,2)10-15(21)17(23)22(16)3;8-4-6-10-5-2-1-3-9-7(5)11-6/h10-14,16H,4-9H2,1-3H3,(H,24,25);1-3H,4,8H2,(H,9,10,11)/t11-,12-,13?,14+,16+,19-,20+;/m0./s1. The number of nitrogens with zero attached hydrogens (tertiary/aromatic N) is 3. The Morgan fingerprint density at radius 3 is 2.72 bits per heavy atom. The highest BCUT2D eigenvalue weighted by Crippen LogP contribution is 2.65. The van der Waals surface area contributed by atoms with E-state index in [2.05, 4.69) is 28.8 Å². The Kier molecular flexibility index (Phi) is 6.17. The predicted octanol–water partition coefficient (Wildman–Crippen LogP) is 4.04. The summed E-state index contributed by atoms with van der Waals surface area (Å²) in [6.07, 6.45) is 8.77. The number of carboxylic acid groups (broad SMARTS) is 1. The SMILES string of the molecule is CN1C(=O)C(F)=C[C@]2(C)C3CC[C@]4(C)[C@@H](C(=O)O)CC[C@H]4[C@@H]3CC[C@@H]12.NCc1nc2ncccc2[nH]1. The molecule has 9 heteroatoms. The van der Waals surface area contributed by atoms with Crippen LogP contribution in [-0.2, 0) is 16.1 Å². The molecular weight excluding hydrogens is 461 g/mol. The number of nitrogens with two attached hydrogens (primary N) is 1. The molecule has 1 amide bonds. The lowest BCUT2D eigenvalue weighted by Gasteiger charge is -2.60. The average molecular weight is 498 g/mol. The number of carboxylic acids is 1. The molecule has 194 valence electrons. The van der Waals surface area contributed by atoms with Crippen molar-refractivity contribution in [2.45, 2.75) is 65.0 Å². The van der Waals surface area contributed by atoms with E-state index in [0.29, 0.717) is 24.3 Å². The van der Waals surface area contributed by atoms with Crippen LogP contribution in [-0.4, -0.2) is 49.9 Å². The summed E-state index contributed by atoms with van der Waals surface area (Å²) in [5.74, 6) is -0.0565. The lowest BCUT2D eigenvalue weighted by atomic mass is 9.47. The van der Waals surface area contributed by atoms with Gasteiger partial charge in [0.1, 0.15) is 5.82 Å². The van der Waals surface area contributed by atoms with Gasteiger partial charge in [-0.3, -0.25) is 9.59 Å². The number of aromatic nitrogens is 3. The topological polar surface area (TPSA) is 125 Å². The van der Waals surface area contributed by atoms with Gasteiger partial charge in [-0.1, -0.05) is 13.8 Å². The highest BCUT2D eigenvalue weighted by molar-refractivity contribution is 5.92. The van der Waals surface area contributed by atoms with Crippen molar-refractivity contribution in [3.63, 3.8) is 0 Å². The Hall–Kier alpha value is -2.81. The zero-order valence-electron chi connectivity index (χ0n) is 21.2. The molecule has 3 heterocycles. The molecule has 0 bridgehead atoms. The van der Waals surface area contributed by atoms with Gasteiger partial charge in [0.15, 0.2) is 11.5 Å². The van der Waals surface area contributed by atoms with Gasteiger partial charge < -0.3 is 20.7 Å². The summed E-state index contributed by atoms with van der Waals surface area (Å²) in [4.78, 5) is 36.6. The third-order valence-electron chi connectivity index (χ3n) is 9.96. The third kappa shape index (κ3) is 3.74. The number of hydrogen-bond acceptors (Lipinski definition) is 5. The van der Waals surface area contributed by atoms with Gasteiger partial charge in [0, 0.05) is 24.7 Å². The van der Waals surface area contributed by atoms with E-state index in [4.69, 9.17) is 5.73 Å². The molecule has 1 unspecified atom stereocenters. The second-order valence-corrected chi connectivity index (χ2v) is 11.5. The van der Waals surface area contributed by atoms with Crippen molar-refractivity contribution in [2.75, 3.05) is 7.05 Å². The van der Waals surface area contributed by atoms with E-state index < -0.39 is 17.7 Å². The van der Waals surface area contributed by atoms with Gasteiger partial charge in [0.25, 0.3) is 5.91 Å². The van der Waals surface area contributed by atoms with E-state index in [9.17, 15) is 19.1 Å². The van der Waals surface area contributed by atoms with Crippen LogP contribution in [0.4, 0.5) is 4.39 Å². The van der Waals surface area contributed by atoms with Crippen molar-refractivity contribution in [3.8, 4) is 0 Å². The second kappa shape index (κ2) is 8.94. The number of nitrogens with one attached hydrogen (secondary N) is 1. The summed E-state index contributed by atoms with van der Waals surface area (Å²) < 4.78 is 14.3. The fourth-order valence-corrected chi connectivity index (χ4v) is 8.23. The number of carbonyl (C=O) groups is 2.